The van der Waals surface area contributed by atoms with Crippen LogP contribution in [0.2, 0.25) is 0 Å². The first-order valence-electron chi connectivity index (χ1n) is 8.67. The van der Waals surface area contributed by atoms with Crippen molar-refractivity contribution in [2.45, 2.75) is 39.0 Å². The number of hydrogen-bond donors (Lipinski definition) is 1. The topological polar surface area (TPSA) is 41.9 Å². The third kappa shape index (κ3) is 4.94. The lowest BCUT2D eigenvalue weighted by Crippen LogP contribution is -2.31. The number of halogens is 1. The predicted molar refractivity (Wildman–Crippen MR) is 94.0 cm³/mol. The maximum atomic E-state index is 13.1. The molecule has 1 N–H and O–H groups in total. The number of nitrogens with zero attached hydrogens (tertiary/aromatic N) is 1. The minimum atomic E-state index is -0.376. The zero-order chi connectivity index (χ0) is 17.6. The molecule has 2 aromatic carbocycles. The van der Waals surface area contributed by atoms with E-state index in [0.717, 1.165) is 35.5 Å². The number of ether oxygens (including phenoxy) is 2. The van der Waals surface area contributed by atoms with Gasteiger partial charge in [0.15, 0.2) is 11.5 Å². The van der Waals surface area contributed by atoms with Crippen LogP contribution in [0.15, 0.2) is 42.5 Å². The van der Waals surface area contributed by atoms with Crippen LogP contribution < -0.4 is 9.47 Å². The second-order valence-electron chi connectivity index (χ2n) is 6.43. The largest absolute Gasteiger partial charge is 0.454 e. The molecule has 2 aromatic rings. The lowest BCUT2D eigenvalue weighted by molar-refractivity contribution is 0.0970. The van der Waals surface area contributed by atoms with Gasteiger partial charge in [0, 0.05) is 19.6 Å². The van der Waals surface area contributed by atoms with Crippen LogP contribution in [0.4, 0.5) is 4.39 Å². The SMILES string of the molecule is CCCC(O)CN(Cc1ccc(F)cc1)Cc1ccc2c(c1)OCO2. The van der Waals surface area contributed by atoms with Gasteiger partial charge in [-0.05, 0) is 41.8 Å². The maximum absolute atomic E-state index is 13.1. The Morgan fingerprint density at radius 3 is 2.48 bits per heavy atom. The van der Waals surface area contributed by atoms with Gasteiger partial charge in [-0.1, -0.05) is 31.5 Å². The summed E-state index contributed by atoms with van der Waals surface area (Å²) in [6.45, 7) is 4.21. The summed E-state index contributed by atoms with van der Waals surface area (Å²) < 4.78 is 23.9. The summed E-state index contributed by atoms with van der Waals surface area (Å²) in [6, 6.07) is 12.4. The molecule has 1 atom stereocenters. The van der Waals surface area contributed by atoms with Crippen molar-refractivity contribution in [1.29, 1.82) is 0 Å². The minimum Gasteiger partial charge on any atom is -0.454 e. The molecule has 5 heteroatoms. The van der Waals surface area contributed by atoms with E-state index in [4.69, 9.17) is 9.47 Å². The zero-order valence-electron chi connectivity index (χ0n) is 14.5. The van der Waals surface area contributed by atoms with E-state index in [2.05, 4.69) is 11.8 Å². The summed E-state index contributed by atoms with van der Waals surface area (Å²) in [5.41, 5.74) is 2.11. The van der Waals surface area contributed by atoms with Gasteiger partial charge in [-0.25, -0.2) is 4.39 Å². The van der Waals surface area contributed by atoms with Crippen molar-refractivity contribution in [3.05, 3.63) is 59.4 Å². The highest BCUT2D eigenvalue weighted by atomic mass is 19.1. The first-order valence-corrected chi connectivity index (χ1v) is 8.67. The third-order valence-corrected chi connectivity index (χ3v) is 4.25. The fourth-order valence-corrected chi connectivity index (χ4v) is 3.05. The van der Waals surface area contributed by atoms with Gasteiger partial charge >= 0.3 is 0 Å². The van der Waals surface area contributed by atoms with Gasteiger partial charge in [0.25, 0.3) is 0 Å². The van der Waals surface area contributed by atoms with Crippen LogP contribution in [-0.2, 0) is 13.1 Å². The fourth-order valence-electron chi connectivity index (χ4n) is 3.05. The van der Waals surface area contributed by atoms with Crippen molar-refractivity contribution in [3.63, 3.8) is 0 Å². The molecule has 0 radical (unpaired) electrons. The van der Waals surface area contributed by atoms with Crippen molar-refractivity contribution in [1.82, 2.24) is 4.90 Å². The molecule has 4 nitrogen and oxygen atoms in total. The Kier molecular flexibility index (Phi) is 5.89. The molecule has 0 fully saturated rings. The summed E-state index contributed by atoms with van der Waals surface area (Å²) >= 11 is 0. The van der Waals surface area contributed by atoms with Crippen LogP contribution in [0.25, 0.3) is 0 Å². The van der Waals surface area contributed by atoms with Crippen LogP contribution >= 0.6 is 0 Å². The number of aliphatic hydroxyl groups is 1. The molecule has 1 aliphatic heterocycles. The van der Waals surface area contributed by atoms with Crippen LogP contribution in [0.1, 0.15) is 30.9 Å². The van der Waals surface area contributed by atoms with E-state index in [1.165, 1.54) is 12.1 Å². The maximum Gasteiger partial charge on any atom is 0.231 e. The lowest BCUT2D eigenvalue weighted by atomic mass is 10.1. The molecule has 0 spiro atoms. The minimum absolute atomic E-state index is 0.239. The third-order valence-electron chi connectivity index (χ3n) is 4.25. The number of benzene rings is 2. The van der Waals surface area contributed by atoms with E-state index in [-0.39, 0.29) is 18.7 Å². The molecule has 3 rings (SSSR count). The Balaban J connectivity index is 1.71. The Bertz CT molecular complexity index is 690. The van der Waals surface area contributed by atoms with Gasteiger partial charge in [0.2, 0.25) is 6.79 Å². The Morgan fingerprint density at radius 2 is 1.72 bits per heavy atom. The monoisotopic (exact) mass is 345 g/mol. The molecule has 0 aliphatic carbocycles. The fraction of sp³-hybridized carbons (Fsp3) is 0.400. The quantitative estimate of drug-likeness (QED) is 0.792. The molecular weight excluding hydrogens is 321 g/mol. The van der Waals surface area contributed by atoms with E-state index < -0.39 is 0 Å². The van der Waals surface area contributed by atoms with Crippen molar-refractivity contribution in [2.24, 2.45) is 0 Å². The second-order valence-corrected chi connectivity index (χ2v) is 6.43. The summed E-state index contributed by atoms with van der Waals surface area (Å²) in [7, 11) is 0. The second kappa shape index (κ2) is 8.32. The summed E-state index contributed by atoms with van der Waals surface area (Å²) in [6.07, 6.45) is 1.33. The molecule has 1 heterocycles. The normalized spacial score (nSPS) is 14.1. The first kappa shape index (κ1) is 17.7. The van der Waals surface area contributed by atoms with E-state index >= 15 is 0 Å². The van der Waals surface area contributed by atoms with Crippen LogP contribution in [0, 0.1) is 5.82 Å². The van der Waals surface area contributed by atoms with Gasteiger partial charge in [-0.15, -0.1) is 0 Å². The molecule has 0 bridgehead atoms. The van der Waals surface area contributed by atoms with Crippen molar-refractivity contribution < 1.29 is 19.0 Å². The molecule has 0 amide bonds. The highest BCUT2D eigenvalue weighted by Crippen LogP contribution is 2.33. The molecule has 134 valence electrons. The molecular formula is C20H24FNO3. The number of hydrogen-bond acceptors (Lipinski definition) is 4. The number of aliphatic hydroxyl groups excluding tert-OH is 1. The predicted octanol–water partition coefficient (Wildman–Crippen LogP) is 3.72. The summed E-state index contributed by atoms with van der Waals surface area (Å²) in [4.78, 5) is 2.17. The number of fused-ring (bicyclic) bond motifs is 1. The molecule has 0 aromatic heterocycles. The van der Waals surface area contributed by atoms with Crippen molar-refractivity contribution in [2.75, 3.05) is 13.3 Å². The van der Waals surface area contributed by atoms with Gasteiger partial charge in [-0.3, -0.25) is 4.90 Å². The highest BCUT2D eigenvalue weighted by molar-refractivity contribution is 5.44. The Hall–Kier alpha value is -2.11. The van der Waals surface area contributed by atoms with Crippen LogP contribution in [0.5, 0.6) is 11.5 Å². The van der Waals surface area contributed by atoms with Crippen LogP contribution in [0.3, 0.4) is 0 Å². The van der Waals surface area contributed by atoms with Gasteiger partial charge < -0.3 is 14.6 Å². The first-order chi connectivity index (χ1) is 12.1. The van der Waals surface area contributed by atoms with Crippen molar-refractivity contribution >= 4 is 0 Å². The molecule has 0 saturated carbocycles. The molecule has 0 saturated heterocycles. The number of rotatable bonds is 8. The average molecular weight is 345 g/mol. The summed E-state index contributed by atoms with van der Waals surface area (Å²) in [5, 5.41) is 10.2. The van der Waals surface area contributed by atoms with Crippen molar-refractivity contribution in [3.8, 4) is 11.5 Å². The van der Waals surface area contributed by atoms with E-state index in [1.54, 1.807) is 12.1 Å². The average Bonchev–Trinajstić information content (AvgIpc) is 3.05. The van der Waals surface area contributed by atoms with Crippen LogP contribution in [-0.4, -0.2) is 29.4 Å². The molecule has 1 unspecified atom stereocenters. The van der Waals surface area contributed by atoms with E-state index in [9.17, 15) is 9.50 Å². The highest BCUT2D eigenvalue weighted by Gasteiger charge is 2.16. The Morgan fingerprint density at radius 1 is 1.04 bits per heavy atom. The summed E-state index contributed by atoms with van der Waals surface area (Å²) in [5.74, 6) is 1.28. The standard InChI is InChI=1S/C20H24FNO3/c1-2-3-18(23)13-22(11-15-4-7-17(21)8-5-15)12-16-6-9-19-20(10-16)25-14-24-19/h4-10,18,23H,2-3,11-14H2,1H3. The lowest BCUT2D eigenvalue weighted by Gasteiger charge is -2.25. The molecule has 25 heavy (non-hydrogen) atoms. The molecule has 1 aliphatic rings. The van der Waals surface area contributed by atoms with Gasteiger partial charge in [0.1, 0.15) is 5.82 Å². The zero-order valence-corrected chi connectivity index (χ0v) is 14.5. The van der Waals surface area contributed by atoms with Gasteiger partial charge in [0.05, 0.1) is 6.10 Å². The van der Waals surface area contributed by atoms with E-state index in [1.807, 2.05) is 18.2 Å². The van der Waals surface area contributed by atoms with Gasteiger partial charge in [-0.2, -0.15) is 0 Å². The smallest absolute Gasteiger partial charge is 0.231 e. The Labute approximate surface area is 147 Å². The van der Waals surface area contributed by atoms with E-state index in [0.29, 0.717) is 19.6 Å².